The number of aromatic nitrogens is 2. The predicted octanol–water partition coefficient (Wildman–Crippen LogP) is 4.17. The number of halogens is 3. The van der Waals surface area contributed by atoms with Crippen LogP contribution in [0.15, 0.2) is 41.8 Å². The molecule has 0 aliphatic heterocycles. The standard InChI is InChI=1S/C19H20F3N3O3S/c1-27-16-9-13(4-5-15(16)28-12-19(20,21)22)11-23-18-10-14(17-3-2-8-29-17)24-25(18)6-7-26/h2-5,8-10,23,26H,6-7,11-12H2,1H3. The minimum absolute atomic E-state index is 0.0267. The molecule has 0 saturated carbocycles. The summed E-state index contributed by atoms with van der Waals surface area (Å²) < 4.78 is 48.7. The third-order valence-electron chi connectivity index (χ3n) is 3.96. The van der Waals surface area contributed by atoms with Crippen molar-refractivity contribution in [1.29, 1.82) is 0 Å². The molecule has 10 heteroatoms. The van der Waals surface area contributed by atoms with Crippen LogP contribution in [0, 0.1) is 0 Å². The number of ether oxygens (including phenoxy) is 2. The Morgan fingerprint density at radius 1 is 1.21 bits per heavy atom. The van der Waals surface area contributed by atoms with Crippen LogP contribution in [0.2, 0.25) is 0 Å². The third kappa shape index (κ3) is 5.64. The zero-order valence-corrected chi connectivity index (χ0v) is 16.4. The number of hydrogen-bond donors (Lipinski definition) is 2. The summed E-state index contributed by atoms with van der Waals surface area (Å²) >= 11 is 1.57. The van der Waals surface area contributed by atoms with Gasteiger partial charge in [0.05, 0.1) is 25.1 Å². The Morgan fingerprint density at radius 2 is 2.03 bits per heavy atom. The molecular weight excluding hydrogens is 407 g/mol. The lowest BCUT2D eigenvalue weighted by molar-refractivity contribution is -0.153. The van der Waals surface area contributed by atoms with Gasteiger partial charge < -0.3 is 19.9 Å². The lowest BCUT2D eigenvalue weighted by Crippen LogP contribution is -2.19. The molecule has 2 N–H and O–H groups in total. The maximum absolute atomic E-state index is 12.4. The summed E-state index contributed by atoms with van der Waals surface area (Å²) in [5, 5.41) is 19.0. The molecule has 2 aromatic heterocycles. The molecule has 0 saturated heterocycles. The SMILES string of the molecule is COc1cc(CNc2cc(-c3cccs3)nn2CCO)ccc1OCC(F)(F)F. The predicted molar refractivity (Wildman–Crippen MR) is 104 cm³/mol. The largest absolute Gasteiger partial charge is 0.493 e. The highest BCUT2D eigenvalue weighted by Crippen LogP contribution is 2.31. The normalized spacial score (nSPS) is 11.5. The highest BCUT2D eigenvalue weighted by atomic mass is 32.1. The molecule has 6 nitrogen and oxygen atoms in total. The number of hydrogen-bond acceptors (Lipinski definition) is 6. The van der Waals surface area contributed by atoms with E-state index in [0.717, 1.165) is 22.0 Å². The van der Waals surface area contributed by atoms with Gasteiger partial charge in [-0.2, -0.15) is 18.3 Å². The van der Waals surface area contributed by atoms with Gasteiger partial charge in [0, 0.05) is 12.6 Å². The number of thiophene rings is 1. The number of aliphatic hydroxyl groups excluding tert-OH is 1. The van der Waals surface area contributed by atoms with Gasteiger partial charge in [-0.15, -0.1) is 11.3 Å². The number of rotatable bonds is 9. The van der Waals surface area contributed by atoms with Gasteiger partial charge >= 0.3 is 6.18 Å². The molecule has 0 bridgehead atoms. The summed E-state index contributed by atoms with van der Waals surface area (Å²) in [7, 11) is 1.37. The van der Waals surface area contributed by atoms with Crippen LogP contribution in [-0.2, 0) is 13.1 Å². The van der Waals surface area contributed by atoms with Crippen LogP contribution in [-0.4, -0.2) is 41.4 Å². The Bertz CT molecular complexity index is 927. The summed E-state index contributed by atoms with van der Waals surface area (Å²) in [6.45, 7) is -0.718. The fraction of sp³-hybridized carbons (Fsp3) is 0.316. The fourth-order valence-corrected chi connectivity index (χ4v) is 3.34. The number of anilines is 1. The molecule has 0 unspecified atom stereocenters. The van der Waals surface area contributed by atoms with E-state index in [1.54, 1.807) is 28.2 Å². The fourth-order valence-electron chi connectivity index (χ4n) is 2.66. The number of aliphatic hydroxyl groups is 1. The van der Waals surface area contributed by atoms with E-state index in [1.807, 2.05) is 23.6 Å². The summed E-state index contributed by atoms with van der Waals surface area (Å²) in [5.74, 6) is 0.967. The smallest absolute Gasteiger partial charge is 0.422 e. The van der Waals surface area contributed by atoms with Gasteiger partial charge in [0.15, 0.2) is 18.1 Å². The summed E-state index contributed by atoms with van der Waals surface area (Å²) in [6.07, 6.45) is -4.42. The molecular formula is C19H20F3N3O3S. The first-order valence-electron chi connectivity index (χ1n) is 8.72. The molecule has 3 rings (SSSR count). The van der Waals surface area contributed by atoms with Crippen molar-refractivity contribution < 1.29 is 27.8 Å². The molecule has 3 aromatic rings. The van der Waals surface area contributed by atoms with Gasteiger partial charge in [-0.25, -0.2) is 4.68 Å². The van der Waals surface area contributed by atoms with Gasteiger partial charge in [0.2, 0.25) is 0 Å². The molecule has 1 aromatic carbocycles. The zero-order chi connectivity index (χ0) is 20.9. The summed E-state index contributed by atoms with van der Waals surface area (Å²) in [4.78, 5) is 1.01. The number of methoxy groups -OCH3 is 1. The van der Waals surface area contributed by atoms with Gasteiger partial charge in [0.25, 0.3) is 0 Å². The molecule has 0 fully saturated rings. The van der Waals surface area contributed by atoms with Gasteiger partial charge in [-0.1, -0.05) is 12.1 Å². The first kappa shape index (κ1) is 21.0. The zero-order valence-electron chi connectivity index (χ0n) is 15.6. The van der Waals surface area contributed by atoms with Crippen LogP contribution >= 0.6 is 11.3 Å². The van der Waals surface area contributed by atoms with Crippen molar-refractivity contribution in [2.24, 2.45) is 0 Å². The Hall–Kier alpha value is -2.72. The van der Waals surface area contributed by atoms with Crippen LogP contribution in [0.25, 0.3) is 10.6 Å². The minimum atomic E-state index is -4.42. The molecule has 0 aliphatic carbocycles. The van der Waals surface area contributed by atoms with Crippen LogP contribution in [0.3, 0.4) is 0 Å². The van der Waals surface area contributed by atoms with E-state index in [1.165, 1.54) is 13.2 Å². The summed E-state index contributed by atoms with van der Waals surface area (Å²) in [5.41, 5.74) is 1.58. The van der Waals surface area contributed by atoms with Crippen molar-refractivity contribution in [3.05, 3.63) is 47.3 Å². The number of nitrogens with zero attached hydrogens (tertiary/aromatic N) is 2. The highest BCUT2D eigenvalue weighted by molar-refractivity contribution is 7.13. The average molecular weight is 427 g/mol. The van der Waals surface area contributed by atoms with E-state index >= 15 is 0 Å². The van der Waals surface area contributed by atoms with Crippen LogP contribution < -0.4 is 14.8 Å². The molecule has 0 spiro atoms. The van der Waals surface area contributed by atoms with Gasteiger partial charge in [-0.05, 0) is 29.1 Å². The Balaban J connectivity index is 1.72. The van der Waals surface area contributed by atoms with Gasteiger partial charge in [0.1, 0.15) is 11.5 Å². The lowest BCUT2D eigenvalue weighted by atomic mass is 10.2. The molecule has 2 heterocycles. The Labute approximate surface area is 169 Å². The molecule has 0 amide bonds. The number of nitrogens with one attached hydrogen (secondary N) is 1. The van der Waals surface area contributed by atoms with E-state index in [9.17, 15) is 18.3 Å². The first-order chi connectivity index (χ1) is 13.9. The van der Waals surface area contributed by atoms with E-state index < -0.39 is 12.8 Å². The van der Waals surface area contributed by atoms with Crippen molar-refractivity contribution in [3.8, 4) is 22.1 Å². The topological polar surface area (TPSA) is 68.5 Å². The minimum Gasteiger partial charge on any atom is -0.493 e. The van der Waals surface area contributed by atoms with Crippen molar-refractivity contribution in [3.63, 3.8) is 0 Å². The maximum Gasteiger partial charge on any atom is 0.422 e. The van der Waals surface area contributed by atoms with Crippen molar-refractivity contribution >= 4 is 17.2 Å². The lowest BCUT2D eigenvalue weighted by Gasteiger charge is -2.14. The Morgan fingerprint density at radius 3 is 2.69 bits per heavy atom. The van der Waals surface area contributed by atoms with Crippen molar-refractivity contribution in [1.82, 2.24) is 9.78 Å². The maximum atomic E-state index is 12.4. The second-order valence-electron chi connectivity index (χ2n) is 6.08. The second-order valence-corrected chi connectivity index (χ2v) is 7.03. The molecule has 156 valence electrons. The average Bonchev–Trinajstić information content (AvgIpc) is 3.34. The van der Waals surface area contributed by atoms with Crippen LogP contribution in [0.1, 0.15) is 5.56 Å². The quantitative estimate of drug-likeness (QED) is 0.537. The highest BCUT2D eigenvalue weighted by Gasteiger charge is 2.29. The van der Waals surface area contributed by atoms with Gasteiger partial charge in [-0.3, -0.25) is 0 Å². The molecule has 0 atom stereocenters. The second kappa shape index (κ2) is 9.19. The van der Waals surface area contributed by atoms with Crippen molar-refractivity contribution in [2.75, 3.05) is 25.6 Å². The van der Waals surface area contributed by atoms with Crippen LogP contribution in [0.5, 0.6) is 11.5 Å². The van der Waals surface area contributed by atoms with E-state index in [-0.39, 0.29) is 18.1 Å². The number of alkyl halides is 3. The van der Waals surface area contributed by atoms with Crippen LogP contribution in [0.4, 0.5) is 19.0 Å². The van der Waals surface area contributed by atoms with E-state index in [0.29, 0.717) is 13.1 Å². The Kier molecular flexibility index (Phi) is 6.65. The monoisotopic (exact) mass is 427 g/mol. The molecule has 0 aliphatic rings. The first-order valence-corrected chi connectivity index (χ1v) is 9.60. The molecule has 29 heavy (non-hydrogen) atoms. The number of benzene rings is 1. The summed E-state index contributed by atoms with van der Waals surface area (Å²) in [6, 6.07) is 10.5. The van der Waals surface area contributed by atoms with E-state index in [2.05, 4.69) is 10.4 Å². The molecule has 0 radical (unpaired) electrons. The van der Waals surface area contributed by atoms with Crippen molar-refractivity contribution in [2.45, 2.75) is 19.3 Å². The third-order valence-corrected chi connectivity index (χ3v) is 4.85. The van der Waals surface area contributed by atoms with E-state index in [4.69, 9.17) is 9.47 Å².